The molecule has 7 nitrogen and oxygen atoms in total. The van der Waals surface area contributed by atoms with E-state index < -0.39 is 30.7 Å². The molecule has 0 unspecified atom stereocenters. The highest BCUT2D eigenvalue weighted by molar-refractivity contribution is 5.40. The topological polar surface area (TPSA) is 108 Å². The average Bonchev–Trinajstić information content (AvgIpc) is 2.69. The predicted octanol–water partition coefficient (Wildman–Crippen LogP) is 0.826. The van der Waals surface area contributed by atoms with Crippen LogP contribution in [0, 0.1) is 5.82 Å². The van der Waals surface area contributed by atoms with E-state index in [0.717, 1.165) is 12.8 Å². The number of aliphatic hydroxyl groups is 3. The summed E-state index contributed by atoms with van der Waals surface area (Å²) in [5.41, 5.74) is -0.100. The van der Waals surface area contributed by atoms with Crippen LogP contribution in [-0.4, -0.2) is 65.7 Å². The third-order valence-corrected chi connectivity index (χ3v) is 4.59. The lowest BCUT2D eigenvalue weighted by molar-refractivity contribution is -0.264. The van der Waals surface area contributed by atoms with Crippen LogP contribution in [0.3, 0.4) is 0 Å². The van der Waals surface area contributed by atoms with Gasteiger partial charge in [-0.1, -0.05) is 6.08 Å². The minimum Gasteiger partial charge on any atom is -0.494 e. The minimum atomic E-state index is -2.40. The fourth-order valence-electron chi connectivity index (χ4n) is 2.98. The summed E-state index contributed by atoms with van der Waals surface area (Å²) in [6.07, 6.45) is -0.173. The number of carbonyl (C=O) groups excluding carboxylic acids is 1. The van der Waals surface area contributed by atoms with Gasteiger partial charge >= 0.3 is 0 Å². The highest BCUT2D eigenvalue weighted by atomic mass is 19.1. The van der Waals surface area contributed by atoms with Crippen molar-refractivity contribution in [1.82, 2.24) is 5.32 Å². The minimum absolute atomic E-state index is 0.0360. The van der Waals surface area contributed by atoms with Crippen LogP contribution in [0.15, 0.2) is 35.9 Å². The molecule has 28 heavy (non-hydrogen) atoms. The number of hydrogen-bond acceptors (Lipinski definition) is 7. The number of unbranched alkanes of at least 4 members (excludes halogenated alkanes) is 2. The first-order valence-corrected chi connectivity index (χ1v) is 9.00. The number of ether oxygens (including phenoxy) is 2. The van der Waals surface area contributed by atoms with Crippen LogP contribution in [0.4, 0.5) is 8.78 Å². The lowest BCUT2D eigenvalue weighted by Gasteiger charge is -2.42. The fraction of sp³-hybridized carbons (Fsp3) is 0.526. The zero-order valence-electron chi connectivity index (χ0n) is 15.3. The second-order valence-electron chi connectivity index (χ2n) is 6.53. The molecule has 0 saturated carbocycles. The van der Waals surface area contributed by atoms with Gasteiger partial charge in [0.05, 0.1) is 12.6 Å². The Bertz CT molecular complexity index is 656. The molecule has 4 atom stereocenters. The van der Waals surface area contributed by atoms with Crippen LogP contribution < -0.4 is 10.1 Å². The Labute approximate surface area is 161 Å². The van der Waals surface area contributed by atoms with Gasteiger partial charge in [-0.15, -0.1) is 0 Å². The van der Waals surface area contributed by atoms with Gasteiger partial charge in [0, 0.05) is 0 Å². The first-order chi connectivity index (χ1) is 13.4. The van der Waals surface area contributed by atoms with Gasteiger partial charge in [-0.3, -0.25) is 4.79 Å². The van der Waals surface area contributed by atoms with E-state index in [2.05, 4.69) is 10.1 Å². The molecule has 4 N–H and O–H groups in total. The van der Waals surface area contributed by atoms with Crippen molar-refractivity contribution in [1.29, 1.82) is 0 Å². The maximum Gasteiger partial charge on any atom is 0.295 e. The van der Waals surface area contributed by atoms with Crippen molar-refractivity contribution in [3.05, 3.63) is 41.7 Å². The van der Waals surface area contributed by atoms with E-state index in [1.54, 1.807) is 12.1 Å². The smallest absolute Gasteiger partial charge is 0.295 e. The van der Waals surface area contributed by atoms with Crippen molar-refractivity contribution in [2.75, 3.05) is 19.8 Å². The van der Waals surface area contributed by atoms with Crippen molar-refractivity contribution in [3.63, 3.8) is 0 Å². The molecule has 0 aromatic heterocycles. The van der Waals surface area contributed by atoms with Crippen LogP contribution >= 0.6 is 0 Å². The van der Waals surface area contributed by atoms with Gasteiger partial charge in [0.2, 0.25) is 0 Å². The summed E-state index contributed by atoms with van der Waals surface area (Å²) in [5.74, 6) is -2.15. The summed E-state index contributed by atoms with van der Waals surface area (Å²) >= 11 is 0. The number of carbonyl (C=O) groups is 1. The monoisotopic (exact) mass is 401 g/mol. The van der Waals surface area contributed by atoms with Gasteiger partial charge in [0.1, 0.15) is 24.3 Å². The van der Waals surface area contributed by atoms with Gasteiger partial charge in [0.15, 0.2) is 6.10 Å². The average molecular weight is 401 g/mol. The van der Waals surface area contributed by atoms with E-state index in [1.807, 2.05) is 0 Å². The molecule has 0 saturated heterocycles. The third kappa shape index (κ3) is 5.48. The number of halogens is 2. The highest BCUT2D eigenvalue weighted by Crippen LogP contribution is 2.30. The molecule has 9 heteroatoms. The normalized spacial score (nSPS) is 27.2. The molecular formula is C19H25F2NO6. The molecule has 0 amide bonds. The van der Waals surface area contributed by atoms with Crippen molar-refractivity contribution in [2.24, 2.45) is 0 Å². The Morgan fingerprint density at radius 2 is 1.89 bits per heavy atom. The molecule has 0 bridgehead atoms. The predicted molar refractivity (Wildman–Crippen MR) is 95.7 cm³/mol. The highest BCUT2D eigenvalue weighted by Gasteiger charge is 2.52. The Morgan fingerprint density at radius 1 is 1.18 bits per heavy atom. The number of alkyl halides is 1. The van der Waals surface area contributed by atoms with Crippen LogP contribution in [0.25, 0.3) is 0 Å². The molecule has 0 spiro atoms. The second-order valence-corrected chi connectivity index (χ2v) is 6.53. The lowest BCUT2D eigenvalue weighted by atomic mass is 9.85. The fourth-order valence-corrected chi connectivity index (χ4v) is 2.98. The Kier molecular flexibility index (Phi) is 8.31. The molecule has 0 aliphatic heterocycles. The molecule has 0 heterocycles. The third-order valence-electron chi connectivity index (χ3n) is 4.59. The largest absolute Gasteiger partial charge is 0.494 e. The van der Waals surface area contributed by atoms with Gasteiger partial charge in [0.25, 0.3) is 12.3 Å². The summed E-state index contributed by atoms with van der Waals surface area (Å²) in [4.78, 5) is 10.7. The lowest BCUT2D eigenvalue weighted by Crippen LogP contribution is -2.65. The zero-order chi connectivity index (χ0) is 20.6. The summed E-state index contributed by atoms with van der Waals surface area (Å²) in [6, 6.07) is 4.65. The van der Waals surface area contributed by atoms with E-state index in [0.29, 0.717) is 25.3 Å². The van der Waals surface area contributed by atoms with E-state index in [9.17, 15) is 28.9 Å². The van der Waals surface area contributed by atoms with Gasteiger partial charge in [-0.05, 0) is 55.6 Å². The number of benzene rings is 1. The van der Waals surface area contributed by atoms with Crippen molar-refractivity contribution >= 4 is 6.47 Å². The van der Waals surface area contributed by atoms with E-state index >= 15 is 0 Å². The molecule has 2 rings (SSSR count). The molecule has 1 aromatic rings. The van der Waals surface area contributed by atoms with Crippen molar-refractivity contribution in [3.8, 4) is 5.75 Å². The molecule has 0 radical (unpaired) electrons. The quantitative estimate of drug-likeness (QED) is 0.188. The summed E-state index contributed by atoms with van der Waals surface area (Å²) in [6.45, 7) is -0.214. The van der Waals surface area contributed by atoms with Crippen molar-refractivity contribution < 1.29 is 38.4 Å². The van der Waals surface area contributed by atoms with Crippen molar-refractivity contribution in [2.45, 2.75) is 43.3 Å². The molecule has 1 aromatic carbocycles. The Morgan fingerprint density at radius 3 is 2.54 bits per heavy atom. The van der Waals surface area contributed by atoms with E-state index in [1.165, 1.54) is 18.2 Å². The summed E-state index contributed by atoms with van der Waals surface area (Å²) < 4.78 is 35.9. The van der Waals surface area contributed by atoms with Gasteiger partial charge < -0.3 is 30.1 Å². The molecule has 1 aliphatic carbocycles. The van der Waals surface area contributed by atoms with Crippen LogP contribution in [0.1, 0.15) is 19.3 Å². The Hall–Kier alpha value is -2.07. The first-order valence-electron chi connectivity index (χ1n) is 9.00. The number of hydrogen-bond donors (Lipinski definition) is 4. The van der Waals surface area contributed by atoms with Gasteiger partial charge in [-0.25, -0.2) is 8.78 Å². The zero-order valence-corrected chi connectivity index (χ0v) is 15.3. The van der Waals surface area contributed by atoms with Gasteiger partial charge in [-0.2, -0.15) is 0 Å². The number of rotatable bonds is 11. The van der Waals surface area contributed by atoms with E-state index in [4.69, 9.17) is 4.74 Å². The van der Waals surface area contributed by atoms with Crippen LogP contribution in [0.2, 0.25) is 0 Å². The molecule has 0 fully saturated rings. The number of aliphatic hydroxyl groups excluding tert-OH is 2. The summed E-state index contributed by atoms with van der Waals surface area (Å²) in [5, 5.41) is 33.2. The maximum absolute atomic E-state index is 13.0. The first kappa shape index (κ1) is 22.2. The second kappa shape index (κ2) is 10.5. The number of nitrogens with one attached hydrogen (secondary N) is 1. The SMILES string of the molecule is O=CO[C@@]1(O)[C@H](NCCCCCOc2ccc(F)cc2)C=C(CF)[C@H](O)[C@@H]1O. The Balaban J connectivity index is 1.77. The molecular weight excluding hydrogens is 376 g/mol. The molecule has 1 aliphatic rings. The van der Waals surface area contributed by atoms with E-state index in [-0.39, 0.29) is 17.9 Å². The molecule has 156 valence electrons. The van der Waals surface area contributed by atoms with Crippen LogP contribution in [0.5, 0.6) is 5.75 Å². The standard InChI is InChI=1S/C19H25F2NO6/c20-11-13-10-16(19(26,28-12-23)18(25)17(13)24)22-8-2-1-3-9-27-15-6-4-14(21)5-7-15/h4-7,10,12,16-18,22,24-26H,1-3,8-9,11H2/t16-,17+,18+,19+/m1/s1. The van der Waals surface area contributed by atoms with Crippen LogP contribution in [-0.2, 0) is 9.53 Å². The summed E-state index contributed by atoms with van der Waals surface area (Å²) in [7, 11) is 0. The maximum atomic E-state index is 13.0.